The lowest BCUT2D eigenvalue weighted by Gasteiger charge is -2.35. The van der Waals surface area contributed by atoms with Crippen LogP contribution in [0, 0.1) is 0 Å². The average Bonchev–Trinajstić information content (AvgIpc) is 3.10. The monoisotopic (exact) mass is 755 g/mol. The number of hydrogen-bond donors (Lipinski definition) is 1. The summed E-state index contributed by atoms with van der Waals surface area (Å²) in [6, 6.07) is 23.8. The van der Waals surface area contributed by atoms with Crippen LogP contribution < -0.4 is 23.8 Å². The van der Waals surface area contributed by atoms with Crippen LogP contribution in [-0.4, -0.2) is 64.1 Å². The summed E-state index contributed by atoms with van der Waals surface area (Å²) < 4.78 is 46.3. The lowest BCUT2D eigenvalue weighted by molar-refractivity contribution is -0.140. The van der Waals surface area contributed by atoms with Crippen molar-refractivity contribution in [1.82, 2.24) is 10.2 Å². The number of methoxy groups -OCH3 is 2. The molecule has 10 nitrogen and oxygen atoms in total. The Labute approximate surface area is 310 Å². The highest BCUT2D eigenvalue weighted by molar-refractivity contribution is 7.92. The van der Waals surface area contributed by atoms with Gasteiger partial charge in [-0.05, 0) is 87.4 Å². The second kappa shape index (κ2) is 17.2. The van der Waals surface area contributed by atoms with E-state index >= 15 is 0 Å². The van der Waals surface area contributed by atoms with E-state index in [0.29, 0.717) is 28.7 Å². The molecule has 0 aromatic heterocycles. The second-order valence-electron chi connectivity index (χ2n) is 12.7. The number of nitrogens with zero attached hydrogens (tertiary/aromatic N) is 2. The molecule has 2 amide bonds. The summed E-state index contributed by atoms with van der Waals surface area (Å²) in [6.07, 6.45) is 0.154. The van der Waals surface area contributed by atoms with Gasteiger partial charge in [-0.15, -0.1) is 0 Å². The van der Waals surface area contributed by atoms with Gasteiger partial charge in [-0.1, -0.05) is 59.6 Å². The predicted octanol–water partition coefficient (Wildman–Crippen LogP) is 7.16. The van der Waals surface area contributed by atoms with Crippen LogP contribution in [0.4, 0.5) is 5.69 Å². The largest absolute Gasteiger partial charge is 0.494 e. The van der Waals surface area contributed by atoms with Gasteiger partial charge in [0, 0.05) is 24.6 Å². The third-order valence-corrected chi connectivity index (χ3v) is 10.3. The number of rotatable bonds is 15. The minimum absolute atomic E-state index is 0.0711. The van der Waals surface area contributed by atoms with Gasteiger partial charge in [0.1, 0.15) is 18.3 Å². The topological polar surface area (TPSA) is 114 Å². The molecule has 0 spiro atoms. The van der Waals surface area contributed by atoms with E-state index < -0.39 is 40.0 Å². The first-order valence-electron chi connectivity index (χ1n) is 16.2. The third kappa shape index (κ3) is 10.3. The van der Waals surface area contributed by atoms with Crippen LogP contribution in [-0.2, 0) is 32.6 Å². The van der Waals surface area contributed by atoms with E-state index in [9.17, 15) is 18.0 Å². The fraction of sp³-hybridized carbons (Fsp3) is 0.316. The second-order valence-corrected chi connectivity index (χ2v) is 15.3. The quantitative estimate of drug-likeness (QED) is 0.137. The molecule has 1 atom stereocenters. The molecule has 1 unspecified atom stereocenters. The number of hydrogen-bond acceptors (Lipinski definition) is 7. The van der Waals surface area contributed by atoms with Crippen molar-refractivity contribution in [3.05, 3.63) is 112 Å². The molecule has 272 valence electrons. The smallest absolute Gasteiger partial charge is 0.264 e. The molecule has 0 radical (unpaired) electrons. The summed E-state index contributed by atoms with van der Waals surface area (Å²) in [5.41, 5.74) is 0.972. The van der Waals surface area contributed by atoms with E-state index in [-0.39, 0.29) is 34.3 Å². The normalized spacial score (nSPS) is 12.1. The molecule has 0 aliphatic heterocycles. The van der Waals surface area contributed by atoms with Gasteiger partial charge in [0.15, 0.2) is 11.5 Å². The Kier molecular flexibility index (Phi) is 13.2. The first kappa shape index (κ1) is 39.3. The number of carbonyl (C=O) groups is 2. The van der Waals surface area contributed by atoms with Crippen molar-refractivity contribution in [2.45, 2.75) is 57.1 Å². The maximum Gasteiger partial charge on any atom is 0.264 e. The highest BCUT2D eigenvalue weighted by Crippen LogP contribution is 2.33. The van der Waals surface area contributed by atoms with Crippen molar-refractivity contribution in [2.75, 3.05) is 31.7 Å². The number of ether oxygens (including phenoxy) is 3. The van der Waals surface area contributed by atoms with Crippen molar-refractivity contribution < 1.29 is 32.2 Å². The van der Waals surface area contributed by atoms with Crippen LogP contribution in [0.15, 0.2) is 95.9 Å². The molecule has 4 aromatic carbocycles. The lowest BCUT2D eigenvalue weighted by Crippen LogP contribution is -2.56. The zero-order chi connectivity index (χ0) is 37.3. The zero-order valence-corrected chi connectivity index (χ0v) is 31.8. The van der Waals surface area contributed by atoms with Gasteiger partial charge >= 0.3 is 0 Å². The van der Waals surface area contributed by atoms with Crippen LogP contribution in [0.3, 0.4) is 0 Å². The number of anilines is 1. The van der Waals surface area contributed by atoms with E-state index in [2.05, 4.69) is 5.32 Å². The lowest BCUT2D eigenvalue weighted by atomic mass is 10.0. The van der Waals surface area contributed by atoms with Crippen molar-refractivity contribution in [2.24, 2.45) is 0 Å². The number of nitrogens with one attached hydrogen (secondary N) is 1. The first-order valence-corrected chi connectivity index (χ1v) is 18.4. The number of amides is 2. The predicted molar refractivity (Wildman–Crippen MR) is 201 cm³/mol. The number of halogens is 2. The summed E-state index contributed by atoms with van der Waals surface area (Å²) in [5, 5.41) is 3.61. The number of sulfonamides is 1. The summed E-state index contributed by atoms with van der Waals surface area (Å²) in [4.78, 5) is 30.1. The Hall–Kier alpha value is -4.45. The molecule has 13 heteroatoms. The van der Waals surface area contributed by atoms with Crippen molar-refractivity contribution in [1.29, 1.82) is 0 Å². The molecular weight excluding hydrogens is 713 g/mol. The van der Waals surface area contributed by atoms with Crippen molar-refractivity contribution >= 4 is 50.7 Å². The van der Waals surface area contributed by atoms with E-state index in [1.165, 1.54) is 37.3 Å². The van der Waals surface area contributed by atoms with Crippen LogP contribution >= 0.6 is 23.2 Å². The van der Waals surface area contributed by atoms with E-state index in [4.69, 9.17) is 37.4 Å². The van der Waals surface area contributed by atoms with Gasteiger partial charge in [-0.25, -0.2) is 8.42 Å². The Morgan fingerprint density at radius 2 is 1.49 bits per heavy atom. The van der Waals surface area contributed by atoms with E-state index in [1.807, 2.05) is 58.0 Å². The van der Waals surface area contributed by atoms with Gasteiger partial charge in [0.2, 0.25) is 11.8 Å². The summed E-state index contributed by atoms with van der Waals surface area (Å²) in [6.45, 7) is 7.06. The van der Waals surface area contributed by atoms with Crippen LogP contribution in [0.5, 0.6) is 17.2 Å². The van der Waals surface area contributed by atoms with Gasteiger partial charge in [-0.3, -0.25) is 13.9 Å². The number of carbonyl (C=O) groups excluding carboxylic acids is 2. The van der Waals surface area contributed by atoms with Gasteiger partial charge in [-0.2, -0.15) is 0 Å². The molecule has 0 heterocycles. The SMILES string of the molecule is CCOc1ccc(N(CC(=O)N(Cc2ccc(Cl)c(Cl)c2)C(Cc2ccccc2)C(=O)NC(C)(C)C)S(=O)(=O)c2ccc(OC)c(OC)c2)cc1. The summed E-state index contributed by atoms with van der Waals surface area (Å²) in [7, 11) is -1.57. The maximum atomic E-state index is 14.8. The first-order chi connectivity index (χ1) is 24.2. The standard InChI is InChI=1S/C38H43Cl2N3O7S/c1-7-50-29-16-14-28(15-17-29)43(51(46,47)30-18-20-34(48-5)35(23-30)49-6)25-36(44)42(24-27-13-19-31(39)32(40)21-27)33(37(45)41-38(2,3)4)22-26-11-9-8-10-12-26/h8-21,23,33H,7,22,24-25H2,1-6H3,(H,41,45). The Balaban J connectivity index is 1.86. The Morgan fingerprint density at radius 3 is 2.08 bits per heavy atom. The molecule has 0 aliphatic rings. The van der Waals surface area contributed by atoms with Gasteiger partial charge in [0.05, 0.1) is 41.5 Å². The van der Waals surface area contributed by atoms with Crippen molar-refractivity contribution in [3.8, 4) is 17.2 Å². The van der Waals surface area contributed by atoms with E-state index in [1.54, 1.807) is 42.5 Å². The molecule has 0 bridgehead atoms. The fourth-order valence-corrected chi connectivity index (χ4v) is 7.10. The molecule has 4 aromatic rings. The number of benzene rings is 4. The molecule has 0 aliphatic carbocycles. The highest BCUT2D eigenvalue weighted by atomic mass is 35.5. The molecule has 4 rings (SSSR count). The van der Waals surface area contributed by atoms with E-state index in [0.717, 1.165) is 9.87 Å². The van der Waals surface area contributed by atoms with Crippen LogP contribution in [0.2, 0.25) is 10.0 Å². The Morgan fingerprint density at radius 1 is 0.824 bits per heavy atom. The maximum absolute atomic E-state index is 14.8. The van der Waals surface area contributed by atoms with Crippen molar-refractivity contribution in [3.63, 3.8) is 0 Å². The average molecular weight is 757 g/mol. The summed E-state index contributed by atoms with van der Waals surface area (Å²) >= 11 is 12.6. The van der Waals surface area contributed by atoms with Crippen LogP contribution in [0.1, 0.15) is 38.8 Å². The molecule has 1 N–H and O–H groups in total. The summed E-state index contributed by atoms with van der Waals surface area (Å²) in [5.74, 6) is 0.0133. The molecule has 0 fully saturated rings. The highest BCUT2D eigenvalue weighted by Gasteiger charge is 2.36. The van der Waals surface area contributed by atoms with Gasteiger partial charge in [0.25, 0.3) is 10.0 Å². The van der Waals surface area contributed by atoms with Gasteiger partial charge < -0.3 is 24.4 Å². The third-order valence-electron chi connectivity index (χ3n) is 7.76. The minimum Gasteiger partial charge on any atom is -0.494 e. The van der Waals surface area contributed by atoms with Crippen LogP contribution in [0.25, 0.3) is 0 Å². The molecular formula is C38H43Cl2N3O7S. The molecule has 0 saturated heterocycles. The fourth-order valence-electron chi connectivity index (χ4n) is 5.35. The molecule has 0 saturated carbocycles. The zero-order valence-electron chi connectivity index (χ0n) is 29.5. The minimum atomic E-state index is -4.41. The molecule has 51 heavy (non-hydrogen) atoms. The Bertz CT molecular complexity index is 1920.